The molecular formula is C12H16N+. The number of allylic oxidation sites excluding steroid dienone is 8. The zero-order chi connectivity index (χ0) is 9.52. The maximum atomic E-state index is 2.16. The molecule has 0 aromatic rings. The highest BCUT2D eigenvalue weighted by Crippen LogP contribution is 2.07. The Hall–Kier alpha value is -1.37. The number of hydrogen-bond donors (Lipinski definition) is 0. The van der Waals surface area contributed by atoms with Crippen LogP contribution in [0.5, 0.6) is 0 Å². The largest absolute Gasteiger partial charge is 0.241 e. The highest BCUT2D eigenvalue weighted by atomic mass is 14.9. The Morgan fingerprint density at radius 2 is 1.85 bits per heavy atom. The van der Waals surface area contributed by atoms with Gasteiger partial charge in [0.2, 0.25) is 0 Å². The van der Waals surface area contributed by atoms with Crippen LogP contribution in [0.15, 0.2) is 48.1 Å². The van der Waals surface area contributed by atoms with E-state index in [1.807, 2.05) is 31.0 Å². The van der Waals surface area contributed by atoms with Crippen molar-refractivity contribution < 1.29 is 4.58 Å². The fourth-order valence-corrected chi connectivity index (χ4v) is 1.04. The van der Waals surface area contributed by atoms with Crippen molar-refractivity contribution in [1.29, 1.82) is 0 Å². The van der Waals surface area contributed by atoms with Gasteiger partial charge in [-0.05, 0) is 12.0 Å². The summed E-state index contributed by atoms with van der Waals surface area (Å²) in [7, 11) is 4.02. The summed E-state index contributed by atoms with van der Waals surface area (Å²) < 4.78 is 2.02. The van der Waals surface area contributed by atoms with Crippen LogP contribution in [0.4, 0.5) is 0 Å². The highest BCUT2D eigenvalue weighted by Gasteiger charge is 1.87. The Bertz CT molecular complexity index is 283. The molecule has 1 aliphatic carbocycles. The van der Waals surface area contributed by atoms with E-state index in [-0.39, 0.29) is 0 Å². The van der Waals surface area contributed by atoms with Gasteiger partial charge in [-0.15, -0.1) is 0 Å². The van der Waals surface area contributed by atoms with E-state index in [1.54, 1.807) is 0 Å². The van der Waals surface area contributed by atoms with Crippen molar-refractivity contribution in [3.63, 3.8) is 0 Å². The van der Waals surface area contributed by atoms with Crippen LogP contribution in [0.1, 0.15) is 6.42 Å². The third-order valence-corrected chi connectivity index (χ3v) is 1.68. The van der Waals surface area contributed by atoms with Crippen molar-refractivity contribution in [2.75, 3.05) is 14.1 Å². The lowest BCUT2D eigenvalue weighted by molar-refractivity contribution is -0.458. The molecule has 0 aromatic heterocycles. The molecule has 0 aliphatic heterocycles. The van der Waals surface area contributed by atoms with Crippen molar-refractivity contribution in [2.24, 2.45) is 0 Å². The molecule has 0 N–H and O–H groups in total. The Labute approximate surface area is 80.1 Å². The summed E-state index contributed by atoms with van der Waals surface area (Å²) in [6.45, 7) is 0. The molecule has 0 fully saturated rings. The van der Waals surface area contributed by atoms with Gasteiger partial charge in [-0.2, -0.15) is 0 Å². The van der Waals surface area contributed by atoms with Crippen molar-refractivity contribution in [3.05, 3.63) is 48.1 Å². The van der Waals surface area contributed by atoms with Gasteiger partial charge >= 0.3 is 0 Å². The standard InChI is InChI=1S/C12H16N/c1-13(2)11-7-6-10-12-8-4-3-5-9-12/h4-11H,3H2,1-2H3/q+1/b7-6+. The van der Waals surface area contributed by atoms with Crippen molar-refractivity contribution in [3.8, 4) is 0 Å². The molecule has 1 rings (SSSR count). The predicted molar refractivity (Wildman–Crippen MR) is 58.3 cm³/mol. The third-order valence-electron chi connectivity index (χ3n) is 1.68. The lowest BCUT2D eigenvalue weighted by Gasteiger charge is -1.96. The number of nitrogens with zero attached hydrogens (tertiary/aromatic N) is 1. The second-order valence-electron chi connectivity index (χ2n) is 3.20. The van der Waals surface area contributed by atoms with Gasteiger partial charge in [-0.1, -0.05) is 36.5 Å². The van der Waals surface area contributed by atoms with E-state index in [2.05, 4.69) is 36.5 Å². The van der Waals surface area contributed by atoms with Crippen molar-refractivity contribution in [1.82, 2.24) is 0 Å². The maximum absolute atomic E-state index is 2.16. The monoisotopic (exact) mass is 174 g/mol. The number of rotatable bonds is 2. The van der Waals surface area contributed by atoms with Gasteiger partial charge in [0.05, 0.1) is 0 Å². The zero-order valence-corrected chi connectivity index (χ0v) is 8.27. The van der Waals surface area contributed by atoms with Crippen LogP contribution in [0, 0.1) is 0 Å². The smallest absolute Gasteiger partial charge is 0.162 e. The Morgan fingerprint density at radius 1 is 1.15 bits per heavy atom. The first-order chi connectivity index (χ1) is 6.29. The molecule has 0 saturated carbocycles. The van der Waals surface area contributed by atoms with Crippen LogP contribution >= 0.6 is 0 Å². The fraction of sp³-hybridized carbons (Fsp3) is 0.250. The summed E-state index contributed by atoms with van der Waals surface area (Å²) in [5.41, 5.74) is 1.26. The van der Waals surface area contributed by atoms with E-state index >= 15 is 0 Å². The zero-order valence-electron chi connectivity index (χ0n) is 8.27. The summed E-state index contributed by atoms with van der Waals surface area (Å²) in [6.07, 6.45) is 17.9. The van der Waals surface area contributed by atoms with E-state index < -0.39 is 0 Å². The minimum absolute atomic E-state index is 1.06. The second kappa shape index (κ2) is 5.31. The molecule has 0 unspecified atom stereocenters. The fourth-order valence-electron chi connectivity index (χ4n) is 1.04. The first-order valence-electron chi connectivity index (χ1n) is 4.50. The first kappa shape index (κ1) is 9.72. The molecule has 68 valence electrons. The average Bonchev–Trinajstić information content (AvgIpc) is 2.14. The Kier molecular flexibility index (Phi) is 3.97. The third kappa shape index (κ3) is 4.26. The van der Waals surface area contributed by atoms with Crippen LogP contribution in [-0.4, -0.2) is 24.9 Å². The van der Waals surface area contributed by atoms with E-state index in [1.165, 1.54) is 5.57 Å². The van der Waals surface area contributed by atoms with Gasteiger partial charge in [-0.25, -0.2) is 4.58 Å². The van der Waals surface area contributed by atoms with Crippen molar-refractivity contribution >= 4 is 6.21 Å². The summed E-state index contributed by atoms with van der Waals surface area (Å²) in [6, 6.07) is 0. The van der Waals surface area contributed by atoms with Gasteiger partial charge in [0, 0.05) is 6.08 Å². The molecule has 13 heavy (non-hydrogen) atoms. The number of hydrogen-bond acceptors (Lipinski definition) is 0. The summed E-state index contributed by atoms with van der Waals surface area (Å²) >= 11 is 0. The Balaban J connectivity index is 2.52. The molecule has 0 heterocycles. The van der Waals surface area contributed by atoms with E-state index in [9.17, 15) is 0 Å². The van der Waals surface area contributed by atoms with Crippen molar-refractivity contribution in [2.45, 2.75) is 6.42 Å². The van der Waals surface area contributed by atoms with Gasteiger partial charge in [-0.3, -0.25) is 0 Å². The SMILES string of the molecule is C[N+](C)=C/C=C/C=C1C=CCC=C1. The Morgan fingerprint density at radius 3 is 2.46 bits per heavy atom. The minimum Gasteiger partial charge on any atom is -0.241 e. The summed E-state index contributed by atoms with van der Waals surface area (Å²) in [4.78, 5) is 0. The molecule has 0 bridgehead atoms. The lowest BCUT2D eigenvalue weighted by atomic mass is 10.1. The summed E-state index contributed by atoms with van der Waals surface area (Å²) in [5, 5.41) is 0. The van der Waals surface area contributed by atoms with Crippen LogP contribution in [0.2, 0.25) is 0 Å². The molecule has 0 spiro atoms. The molecule has 1 nitrogen and oxygen atoms in total. The van der Waals surface area contributed by atoms with Crippen LogP contribution in [0.25, 0.3) is 0 Å². The highest BCUT2D eigenvalue weighted by molar-refractivity contribution is 5.66. The van der Waals surface area contributed by atoms with Gasteiger partial charge in [0.1, 0.15) is 14.1 Å². The van der Waals surface area contributed by atoms with Crippen LogP contribution in [0.3, 0.4) is 0 Å². The van der Waals surface area contributed by atoms with E-state index in [4.69, 9.17) is 0 Å². The maximum Gasteiger partial charge on any atom is 0.162 e. The minimum atomic E-state index is 1.06. The normalized spacial score (nSPS) is 15.1. The molecule has 1 aliphatic rings. The first-order valence-corrected chi connectivity index (χ1v) is 4.50. The average molecular weight is 174 g/mol. The topological polar surface area (TPSA) is 3.01 Å². The lowest BCUT2D eigenvalue weighted by Crippen LogP contribution is -1.94. The quantitative estimate of drug-likeness (QED) is 0.446. The molecule has 0 amide bonds. The van der Waals surface area contributed by atoms with E-state index in [0.29, 0.717) is 0 Å². The molecule has 0 aromatic carbocycles. The summed E-state index contributed by atoms with van der Waals surface area (Å²) in [5.74, 6) is 0. The van der Waals surface area contributed by atoms with Crippen LogP contribution in [-0.2, 0) is 0 Å². The van der Waals surface area contributed by atoms with E-state index in [0.717, 1.165) is 6.42 Å². The van der Waals surface area contributed by atoms with Gasteiger partial charge in [0.15, 0.2) is 6.21 Å². The predicted octanol–water partition coefficient (Wildman–Crippen LogP) is 2.33. The molecule has 0 saturated heterocycles. The molecule has 0 atom stereocenters. The molecular weight excluding hydrogens is 158 g/mol. The van der Waals surface area contributed by atoms with Gasteiger partial charge in [0.25, 0.3) is 0 Å². The molecule has 0 radical (unpaired) electrons. The molecule has 1 heteroatoms. The van der Waals surface area contributed by atoms with Gasteiger partial charge < -0.3 is 0 Å². The second-order valence-corrected chi connectivity index (χ2v) is 3.20. The van der Waals surface area contributed by atoms with Crippen LogP contribution < -0.4 is 0 Å².